The van der Waals surface area contributed by atoms with E-state index in [4.69, 9.17) is 10.1 Å². The van der Waals surface area contributed by atoms with Crippen molar-refractivity contribution in [2.75, 3.05) is 13.2 Å². The molecule has 0 heterocycles. The Hall–Kier alpha value is -1.68. The van der Waals surface area contributed by atoms with Crippen molar-refractivity contribution in [1.29, 1.82) is 5.41 Å². The highest BCUT2D eigenvalue weighted by molar-refractivity contribution is 5.87. The van der Waals surface area contributed by atoms with Crippen LogP contribution in [0.25, 0.3) is 0 Å². The third-order valence-corrected chi connectivity index (χ3v) is 8.66. The molecule has 2 unspecified atom stereocenters. The second-order valence-electron chi connectivity index (χ2n) is 10.3. The predicted octanol–water partition coefficient (Wildman–Crippen LogP) is 4.62. The van der Waals surface area contributed by atoms with Crippen LogP contribution in [0.3, 0.4) is 0 Å². The van der Waals surface area contributed by atoms with E-state index in [1.165, 1.54) is 12.0 Å². The fourth-order valence-electron chi connectivity index (χ4n) is 7.67. The van der Waals surface area contributed by atoms with Gasteiger partial charge in [-0.3, -0.25) is 4.79 Å². The van der Waals surface area contributed by atoms with Crippen molar-refractivity contribution in [2.45, 2.75) is 76.2 Å². The van der Waals surface area contributed by atoms with Gasteiger partial charge < -0.3 is 15.5 Å². The standard InChI is InChI=1S/C25H34N2O2/c1-2-29-17-24-13-18-12-23(15-24,19-6-4-3-5-7-19)16-25(24,14-18)22(28)27-21-10-8-20(26)9-11-21/h3-7,18,21,26H,2,8-17H2,1H3,(H,27,28)/t18?,21?,23-,24-,25?/m1/s1. The van der Waals surface area contributed by atoms with Gasteiger partial charge in [-0.25, -0.2) is 0 Å². The first-order valence-corrected chi connectivity index (χ1v) is 11.5. The normalized spacial score (nSPS) is 40.4. The van der Waals surface area contributed by atoms with E-state index >= 15 is 0 Å². The van der Waals surface area contributed by atoms with Crippen LogP contribution in [0.4, 0.5) is 0 Å². The lowest BCUT2D eigenvalue weighted by molar-refractivity contribution is -0.139. The predicted molar refractivity (Wildman–Crippen MR) is 114 cm³/mol. The number of ether oxygens (including phenoxy) is 1. The van der Waals surface area contributed by atoms with E-state index in [2.05, 4.69) is 42.6 Å². The minimum Gasteiger partial charge on any atom is -0.381 e. The number of hydrogen-bond acceptors (Lipinski definition) is 3. The van der Waals surface area contributed by atoms with E-state index < -0.39 is 0 Å². The van der Waals surface area contributed by atoms with Crippen molar-refractivity contribution < 1.29 is 9.53 Å². The molecule has 4 heteroatoms. The lowest BCUT2D eigenvalue weighted by atomic mass is 9.63. The molecule has 1 aromatic rings. The first-order valence-electron chi connectivity index (χ1n) is 11.5. The zero-order chi connectivity index (χ0) is 20.1. The molecule has 4 atom stereocenters. The molecule has 5 aliphatic rings. The zero-order valence-corrected chi connectivity index (χ0v) is 17.6. The maximum atomic E-state index is 13.9. The smallest absolute Gasteiger partial charge is 0.227 e. The summed E-state index contributed by atoms with van der Waals surface area (Å²) in [5, 5.41) is 11.3. The summed E-state index contributed by atoms with van der Waals surface area (Å²) >= 11 is 0. The van der Waals surface area contributed by atoms with Crippen molar-refractivity contribution in [1.82, 2.24) is 5.32 Å². The Morgan fingerprint density at radius 2 is 1.90 bits per heavy atom. The second-order valence-corrected chi connectivity index (χ2v) is 10.3. The molecule has 0 radical (unpaired) electrons. The van der Waals surface area contributed by atoms with Gasteiger partial charge in [0, 0.05) is 23.8 Å². The molecule has 0 aliphatic heterocycles. The topological polar surface area (TPSA) is 62.2 Å². The van der Waals surface area contributed by atoms with Crippen LogP contribution < -0.4 is 5.32 Å². The highest BCUT2D eigenvalue weighted by Gasteiger charge is 2.74. The largest absolute Gasteiger partial charge is 0.381 e. The third kappa shape index (κ3) is 2.90. The number of carbonyl (C=O) groups excluding carboxylic acids is 1. The van der Waals surface area contributed by atoms with Crippen LogP contribution in [0.1, 0.15) is 70.3 Å². The minimum atomic E-state index is -0.286. The average molecular weight is 395 g/mol. The molecule has 2 N–H and O–H groups in total. The van der Waals surface area contributed by atoms with E-state index in [1.54, 1.807) is 0 Å². The van der Waals surface area contributed by atoms with Crippen molar-refractivity contribution in [3.8, 4) is 0 Å². The van der Waals surface area contributed by atoms with Crippen LogP contribution >= 0.6 is 0 Å². The summed E-state index contributed by atoms with van der Waals surface area (Å²) in [4.78, 5) is 13.9. The number of amides is 1. The molecule has 156 valence electrons. The van der Waals surface area contributed by atoms with Crippen LogP contribution in [-0.4, -0.2) is 30.9 Å². The van der Waals surface area contributed by atoms with Crippen LogP contribution in [0.5, 0.6) is 0 Å². The number of hydrogen-bond donors (Lipinski definition) is 2. The van der Waals surface area contributed by atoms with Crippen LogP contribution in [0.15, 0.2) is 30.3 Å². The summed E-state index contributed by atoms with van der Waals surface area (Å²) in [7, 11) is 0. The number of benzene rings is 1. The molecule has 1 aromatic carbocycles. The SMILES string of the molecule is CCOC[C@]12CC3CC1(C(=O)NC1CCC(=N)CC1)C[C@@](c1ccccc1)(C3)C2. The zero-order valence-electron chi connectivity index (χ0n) is 17.6. The van der Waals surface area contributed by atoms with Crippen molar-refractivity contribution in [3.05, 3.63) is 35.9 Å². The van der Waals surface area contributed by atoms with Gasteiger partial charge in [0.2, 0.25) is 5.91 Å². The van der Waals surface area contributed by atoms with Crippen molar-refractivity contribution in [3.63, 3.8) is 0 Å². The van der Waals surface area contributed by atoms with Crippen molar-refractivity contribution in [2.24, 2.45) is 16.7 Å². The van der Waals surface area contributed by atoms with Gasteiger partial charge in [-0.1, -0.05) is 30.3 Å². The summed E-state index contributed by atoms with van der Waals surface area (Å²) in [5.41, 5.74) is 2.08. The quantitative estimate of drug-likeness (QED) is 0.739. The maximum Gasteiger partial charge on any atom is 0.227 e. The summed E-state index contributed by atoms with van der Waals surface area (Å²) in [6, 6.07) is 11.2. The number of nitrogens with one attached hydrogen (secondary N) is 2. The molecule has 4 bridgehead atoms. The Morgan fingerprint density at radius 3 is 2.62 bits per heavy atom. The van der Waals surface area contributed by atoms with Crippen LogP contribution in [0, 0.1) is 22.2 Å². The van der Waals surface area contributed by atoms with E-state index in [0.717, 1.165) is 63.7 Å². The van der Waals surface area contributed by atoms with Crippen LogP contribution in [0.2, 0.25) is 0 Å². The van der Waals surface area contributed by atoms with Gasteiger partial charge in [-0.15, -0.1) is 0 Å². The number of rotatable bonds is 6. The fraction of sp³-hybridized carbons (Fsp3) is 0.680. The van der Waals surface area contributed by atoms with Gasteiger partial charge in [0.05, 0.1) is 12.0 Å². The number of carbonyl (C=O) groups is 1. The summed E-state index contributed by atoms with van der Waals surface area (Å²) in [6.45, 7) is 3.50. The molecule has 5 fully saturated rings. The van der Waals surface area contributed by atoms with Gasteiger partial charge in [-0.05, 0) is 81.6 Å². The Labute approximate surface area is 174 Å². The molecule has 0 saturated heterocycles. The van der Waals surface area contributed by atoms with Gasteiger partial charge in [0.25, 0.3) is 0 Å². The highest BCUT2D eigenvalue weighted by Crippen LogP contribution is 2.76. The fourth-order valence-corrected chi connectivity index (χ4v) is 7.67. The lowest BCUT2D eigenvalue weighted by Gasteiger charge is -2.41. The van der Waals surface area contributed by atoms with Gasteiger partial charge in [0.15, 0.2) is 0 Å². The lowest BCUT2D eigenvalue weighted by Crippen LogP contribution is -2.52. The summed E-state index contributed by atoms with van der Waals surface area (Å²) in [5.74, 6) is 0.916. The van der Waals surface area contributed by atoms with Crippen LogP contribution in [-0.2, 0) is 14.9 Å². The van der Waals surface area contributed by atoms with E-state index in [9.17, 15) is 4.79 Å². The Kier molecular flexibility index (Phi) is 4.62. The highest BCUT2D eigenvalue weighted by atomic mass is 16.5. The maximum absolute atomic E-state index is 13.9. The van der Waals surface area contributed by atoms with Gasteiger partial charge >= 0.3 is 0 Å². The molecule has 0 spiro atoms. The molecule has 6 rings (SSSR count). The first kappa shape index (κ1) is 19.3. The van der Waals surface area contributed by atoms with E-state index in [-0.39, 0.29) is 28.2 Å². The molecule has 29 heavy (non-hydrogen) atoms. The monoisotopic (exact) mass is 394 g/mol. The Bertz CT molecular complexity index is 798. The second kappa shape index (κ2) is 6.94. The molecular formula is C25H34N2O2. The van der Waals surface area contributed by atoms with E-state index in [1.807, 2.05) is 0 Å². The molecule has 5 saturated carbocycles. The minimum absolute atomic E-state index is 0.0206. The first-order chi connectivity index (χ1) is 14.0. The Balaban J connectivity index is 1.47. The van der Waals surface area contributed by atoms with E-state index in [0.29, 0.717) is 12.5 Å². The molecule has 0 aromatic heterocycles. The molecule has 5 aliphatic carbocycles. The third-order valence-electron chi connectivity index (χ3n) is 8.66. The molecule has 4 nitrogen and oxygen atoms in total. The summed E-state index contributed by atoms with van der Waals surface area (Å²) < 4.78 is 6.04. The van der Waals surface area contributed by atoms with Crippen molar-refractivity contribution >= 4 is 11.6 Å². The average Bonchev–Trinajstić information content (AvgIpc) is 3.08. The van der Waals surface area contributed by atoms with Gasteiger partial charge in [0.1, 0.15) is 0 Å². The molecular weight excluding hydrogens is 360 g/mol. The Morgan fingerprint density at radius 1 is 1.14 bits per heavy atom. The summed E-state index contributed by atoms with van der Waals surface area (Å²) in [6.07, 6.45) is 8.97. The molecule has 1 amide bonds. The van der Waals surface area contributed by atoms with Gasteiger partial charge in [-0.2, -0.15) is 0 Å².